The number of carbonyl (C=O) groups excluding carboxylic acids is 7. The van der Waals surface area contributed by atoms with Crippen LogP contribution < -0.4 is 40.5 Å². The zero-order chi connectivity index (χ0) is 53.3. The maximum Gasteiger partial charge on any atom is 0.342 e. The van der Waals surface area contributed by atoms with Crippen LogP contribution in [-0.2, 0) is 23.9 Å². The van der Waals surface area contributed by atoms with Crippen LogP contribution in [0, 0.1) is 5.82 Å². The zero-order valence-electron chi connectivity index (χ0n) is 42.4. The molecular formula is C51H63F3N10O10. The Balaban J connectivity index is 0.774. The number of ether oxygens (including phenoxy) is 3. The van der Waals surface area contributed by atoms with Gasteiger partial charge >= 0.3 is 5.92 Å². The van der Waals surface area contributed by atoms with E-state index in [1.165, 1.54) is 49.5 Å². The Morgan fingerprint density at radius 3 is 2.38 bits per heavy atom. The first-order chi connectivity index (χ1) is 35.1. The number of likely N-dealkylation sites (tertiary alicyclic amines) is 1. The highest BCUT2D eigenvalue weighted by atomic mass is 19.3. The number of piperidine rings is 2. The molecule has 20 nitrogen and oxygen atoms in total. The number of alkyl halides is 2. The van der Waals surface area contributed by atoms with E-state index >= 15 is 13.2 Å². The predicted octanol–water partition coefficient (Wildman–Crippen LogP) is 4.87. The molecule has 1 atom stereocenters. The first-order valence-electron chi connectivity index (χ1n) is 25.0. The van der Waals surface area contributed by atoms with Crippen molar-refractivity contribution in [3.05, 3.63) is 59.0 Å². The van der Waals surface area contributed by atoms with Crippen LogP contribution >= 0.6 is 0 Å². The van der Waals surface area contributed by atoms with Crippen molar-refractivity contribution < 1.29 is 60.9 Å². The summed E-state index contributed by atoms with van der Waals surface area (Å²) in [6.07, 6.45) is 6.73. The van der Waals surface area contributed by atoms with Gasteiger partial charge in [0.25, 0.3) is 29.5 Å². The Morgan fingerprint density at radius 1 is 0.946 bits per heavy atom. The number of amides is 7. The molecule has 1 aliphatic carbocycles. The summed E-state index contributed by atoms with van der Waals surface area (Å²) in [5.41, 5.74) is -0.873. The number of fused-ring (bicyclic) bond motifs is 2. The molecule has 5 aliphatic rings. The number of benzene rings is 2. The average molecular weight is 1030 g/mol. The largest absolute Gasteiger partial charge is 0.495 e. The van der Waals surface area contributed by atoms with Gasteiger partial charge in [-0.1, -0.05) is 18.9 Å². The molecule has 2 aromatic carbocycles. The summed E-state index contributed by atoms with van der Waals surface area (Å²) < 4.78 is 63.5. The number of rotatable bonds is 18. The van der Waals surface area contributed by atoms with E-state index in [1.54, 1.807) is 0 Å². The lowest BCUT2D eigenvalue weighted by Gasteiger charge is -2.43. The van der Waals surface area contributed by atoms with Gasteiger partial charge in [0.05, 0.1) is 47.8 Å². The lowest BCUT2D eigenvalue weighted by Crippen LogP contribution is -2.54. The molecule has 3 fully saturated rings. The first-order valence-corrected chi connectivity index (χ1v) is 25.0. The molecule has 8 rings (SSSR count). The fourth-order valence-corrected chi connectivity index (χ4v) is 10.2. The molecule has 0 spiro atoms. The predicted molar refractivity (Wildman–Crippen MR) is 263 cm³/mol. The van der Waals surface area contributed by atoms with E-state index in [9.17, 15) is 33.6 Å². The van der Waals surface area contributed by atoms with Gasteiger partial charge in [0.2, 0.25) is 17.8 Å². The van der Waals surface area contributed by atoms with E-state index in [2.05, 4.69) is 50.0 Å². The van der Waals surface area contributed by atoms with Crippen molar-refractivity contribution in [3.8, 4) is 11.5 Å². The quantitative estimate of drug-likeness (QED) is 0.125. The number of halogens is 3. The SMILES string of the molecule is COc1cc(C(=O)NC2CCN(C(C)(C)CCOC(C)(C)CCNC(=O)COc3cccc4c3C(=O)N(C3CCC(=O)NC3=O)C4=O)CC2)c(F)cc1Nc1ncc2c(n1)N(C1CCCC1)CC(F)(F)C(=O)N2C. The summed E-state index contributed by atoms with van der Waals surface area (Å²) in [5.74, 6) is -9.26. The second kappa shape index (κ2) is 21.5. The summed E-state index contributed by atoms with van der Waals surface area (Å²) >= 11 is 0. The van der Waals surface area contributed by atoms with Crippen LogP contribution in [0.15, 0.2) is 36.5 Å². The maximum absolute atomic E-state index is 15.8. The number of hydrogen-bond donors (Lipinski definition) is 4. The lowest BCUT2D eigenvalue weighted by atomic mass is 9.93. The fourth-order valence-electron chi connectivity index (χ4n) is 10.2. The Morgan fingerprint density at radius 2 is 1.68 bits per heavy atom. The van der Waals surface area contributed by atoms with Crippen LogP contribution in [0.25, 0.3) is 0 Å². The molecular weight excluding hydrogens is 970 g/mol. The van der Waals surface area contributed by atoms with Gasteiger partial charge in [-0.25, -0.2) is 9.37 Å². The van der Waals surface area contributed by atoms with Gasteiger partial charge in [-0.05, 0) is 90.8 Å². The van der Waals surface area contributed by atoms with Crippen molar-refractivity contribution in [1.82, 2.24) is 35.7 Å². The van der Waals surface area contributed by atoms with E-state index in [-0.39, 0.29) is 88.3 Å². The first kappa shape index (κ1) is 53.4. The summed E-state index contributed by atoms with van der Waals surface area (Å²) in [4.78, 5) is 104. The van der Waals surface area contributed by atoms with Gasteiger partial charge in [0, 0.05) is 63.4 Å². The standard InChI is InChI=1S/C51H63F3N10O10/c1-49(2,19-23-74-50(3,4)18-20-55-40(66)27-73-37-13-9-12-31-41(37)46(70)64(45(31)69)35-14-15-39(65)59-44(35)68)62-21-16-29(17-22-62)57-43(67)32-24-38(72-6)34(25-33(32)52)58-48-56-26-36-42(60-48)63(30-10-7-8-11-30)28-51(53,54)47(71)61(36)5/h9,12-13,24-26,29-30,35H,7-8,10-11,14-23,27-28H2,1-6H3,(H,55,66)(H,57,67)(H,56,58,60)(H,59,65,68). The smallest absolute Gasteiger partial charge is 0.342 e. The molecule has 3 aromatic rings. The molecule has 0 bridgehead atoms. The van der Waals surface area contributed by atoms with E-state index in [0.29, 0.717) is 58.2 Å². The summed E-state index contributed by atoms with van der Waals surface area (Å²) in [6.45, 7) is 8.86. The van der Waals surface area contributed by atoms with E-state index in [1.807, 2.05) is 13.8 Å². The average Bonchev–Trinajstić information content (AvgIpc) is 3.97. The molecule has 74 heavy (non-hydrogen) atoms. The minimum atomic E-state index is -3.65. The molecule has 0 radical (unpaired) electrons. The molecule has 398 valence electrons. The van der Waals surface area contributed by atoms with Crippen molar-refractivity contribution in [2.75, 3.05) is 68.7 Å². The van der Waals surface area contributed by atoms with Gasteiger partial charge in [0.1, 0.15) is 29.0 Å². The zero-order valence-corrected chi connectivity index (χ0v) is 42.4. The number of nitrogens with one attached hydrogen (secondary N) is 4. The van der Waals surface area contributed by atoms with Crippen LogP contribution in [0.1, 0.15) is 123 Å². The number of anilines is 4. The third-order valence-corrected chi connectivity index (χ3v) is 14.6. The minimum absolute atomic E-state index is 0.0115. The van der Waals surface area contributed by atoms with Gasteiger partial charge in [0.15, 0.2) is 12.4 Å². The molecule has 2 saturated heterocycles. The van der Waals surface area contributed by atoms with E-state index in [0.717, 1.165) is 28.7 Å². The molecule has 23 heteroatoms. The second-order valence-electron chi connectivity index (χ2n) is 20.6. The van der Waals surface area contributed by atoms with E-state index < -0.39 is 77.9 Å². The Labute approximate surface area is 426 Å². The van der Waals surface area contributed by atoms with Gasteiger partial charge in [-0.15, -0.1) is 0 Å². The van der Waals surface area contributed by atoms with Crippen molar-refractivity contribution in [3.63, 3.8) is 0 Å². The number of nitrogens with zero attached hydrogens (tertiary/aromatic N) is 6. The Kier molecular flexibility index (Phi) is 15.5. The van der Waals surface area contributed by atoms with Crippen LogP contribution in [0.4, 0.5) is 36.3 Å². The molecule has 4 N–H and O–H groups in total. The van der Waals surface area contributed by atoms with Gasteiger partial charge in [-0.3, -0.25) is 48.7 Å². The molecule has 7 amide bonds. The summed E-state index contributed by atoms with van der Waals surface area (Å²) in [7, 11) is 2.62. The van der Waals surface area contributed by atoms with Crippen molar-refractivity contribution in [2.45, 2.75) is 127 Å². The van der Waals surface area contributed by atoms with Gasteiger partial charge < -0.3 is 40.0 Å². The highest BCUT2D eigenvalue weighted by Crippen LogP contribution is 2.41. The van der Waals surface area contributed by atoms with Gasteiger partial charge in [-0.2, -0.15) is 13.8 Å². The van der Waals surface area contributed by atoms with E-state index in [4.69, 9.17) is 14.2 Å². The van der Waals surface area contributed by atoms with Crippen molar-refractivity contribution in [2.24, 2.45) is 0 Å². The van der Waals surface area contributed by atoms with Crippen LogP contribution in [0.5, 0.6) is 11.5 Å². The normalized spacial score (nSPS) is 19.8. The number of aromatic nitrogens is 2. The highest BCUT2D eigenvalue weighted by molar-refractivity contribution is 6.24. The molecule has 4 aliphatic heterocycles. The Hall–Kier alpha value is -6.88. The number of hydrogen-bond acceptors (Lipinski definition) is 15. The monoisotopic (exact) mass is 1030 g/mol. The van der Waals surface area contributed by atoms with Crippen molar-refractivity contribution >= 4 is 64.5 Å². The second-order valence-corrected chi connectivity index (χ2v) is 20.6. The highest BCUT2D eigenvalue weighted by Gasteiger charge is 2.49. The number of imide groups is 2. The third kappa shape index (κ3) is 11.4. The summed E-state index contributed by atoms with van der Waals surface area (Å²) in [6, 6.07) is 5.20. The topological polar surface area (TPSA) is 234 Å². The fraction of sp³-hybridized carbons (Fsp3) is 0.549. The number of carbonyl (C=O) groups is 7. The molecule has 1 unspecified atom stereocenters. The van der Waals surface area contributed by atoms with Crippen LogP contribution in [0.2, 0.25) is 0 Å². The molecule has 5 heterocycles. The number of methoxy groups -OCH3 is 1. The molecule has 1 aromatic heterocycles. The van der Waals surface area contributed by atoms with Crippen LogP contribution in [0.3, 0.4) is 0 Å². The summed E-state index contributed by atoms with van der Waals surface area (Å²) in [5, 5.41) is 10.9. The van der Waals surface area contributed by atoms with Crippen molar-refractivity contribution in [1.29, 1.82) is 0 Å². The minimum Gasteiger partial charge on any atom is -0.495 e. The molecule has 1 saturated carbocycles. The third-order valence-electron chi connectivity index (χ3n) is 14.6. The Bertz CT molecular complexity index is 2710. The van der Waals surface area contributed by atoms with Crippen LogP contribution in [-0.4, -0.2) is 150 Å². The lowest BCUT2D eigenvalue weighted by molar-refractivity contribution is -0.140. The maximum atomic E-state index is 15.8.